The van der Waals surface area contributed by atoms with Crippen molar-refractivity contribution in [1.82, 2.24) is 0 Å². The van der Waals surface area contributed by atoms with E-state index >= 15 is 0 Å². The molecule has 0 saturated heterocycles. The molecule has 0 bridgehead atoms. The van der Waals surface area contributed by atoms with Crippen molar-refractivity contribution >= 4 is 5.69 Å². The van der Waals surface area contributed by atoms with Crippen LogP contribution in [0.2, 0.25) is 0 Å². The fraction of sp³-hybridized carbons (Fsp3) is 0.381. The highest BCUT2D eigenvalue weighted by molar-refractivity contribution is 5.66. The fourth-order valence-electron chi connectivity index (χ4n) is 3.27. The van der Waals surface area contributed by atoms with E-state index in [-0.39, 0.29) is 0 Å². The number of nitrogen functional groups attached to an aromatic ring is 1. The monoisotopic (exact) mass is 297 g/mol. The second kappa shape index (κ2) is 10.7. The molecule has 1 nitrogen and oxygen atoms in total. The van der Waals surface area contributed by atoms with E-state index in [4.69, 9.17) is 5.73 Å². The molecule has 2 aliphatic carbocycles. The van der Waals surface area contributed by atoms with Crippen molar-refractivity contribution in [1.29, 1.82) is 0 Å². The number of allylic oxidation sites excluding steroid dienone is 1. The second-order valence-electron chi connectivity index (χ2n) is 5.15. The van der Waals surface area contributed by atoms with Crippen LogP contribution in [0.5, 0.6) is 0 Å². The van der Waals surface area contributed by atoms with Crippen molar-refractivity contribution in [3.8, 4) is 0 Å². The quantitative estimate of drug-likeness (QED) is 0.381. The average molecular weight is 297 g/mol. The Kier molecular flexibility index (Phi) is 9.74. The number of fused-ring (bicyclic) bond motifs is 2. The molecule has 0 atom stereocenters. The topological polar surface area (TPSA) is 26.0 Å². The van der Waals surface area contributed by atoms with E-state index in [9.17, 15) is 0 Å². The first-order valence-electron chi connectivity index (χ1n) is 7.92. The number of rotatable bonds is 0. The SMILES string of the molecule is C=C.C=C.C=C=CC.Cc1c2c(c(N)c3c1CCC3)CCC2. The minimum Gasteiger partial charge on any atom is -0.398 e. The lowest BCUT2D eigenvalue weighted by Gasteiger charge is -2.14. The van der Waals surface area contributed by atoms with E-state index in [1.54, 1.807) is 22.8 Å². The van der Waals surface area contributed by atoms with Crippen LogP contribution in [0, 0.1) is 6.92 Å². The lowest BCUT2D eigenvalue weighted by Crippen LogP contribution is -2.03. The molecule has 0 fully saturated rings. The maximum atomic E-state index is 6.25. The van der Waals surface area contributed by atoms with Crippen molar-refractivity contribution < 1.29 is 0 Å². The van der Waals surface area contributed by atoms with E-state index in [1.165, 1.54) is 49.7 Å². The number of anilines is 1. The fourth-order valence-corrected chi connectivity index (χ4v) is 3.27. The summed E-state index contributed by atoms with van der Waals surface area (Å²) >= 11 is 0. The zero-order chi connectivity index (χ0) is 17.1. The van der Waals surface area contributed by atoms with Gasteiger partial charge in [-0.25, -0.2) is 0 Å². The van der Waals surface area contributed by atoms with Crippen molar-refractivity contribution in [2.45, 2.75) is 52.4 Å². The Morgan fingerprint density at radius 2 is 1.18 bits per heavy atom. The van der Waals surface area contributed by atoms with E-state index < -0.39 is 0 Å². The van der Waals surface area contributed by atoms with E-state index in [0.717, 1.165) is 5.69 Å². The molecule has 0 spiro atoms. The van der Waals surface area contributed by atoms with Crippen molar-refractivity contribution in [2.24, 2.45) is 0 Å². The molecule has 1 aromatic carbocycles. The maximum absolute atomic E-state index is 6.25. The molecule has 0 unspecified atom stereocenters. The van der Waals surface area contributed by atoms with Crippen LogP contribution < -0.4 is 5.73 Å². The number of nitrogens with two attached hydrogens (primary N) is 1. The lowest BCUT2D eigenvalue weighted by atomic mass is 9.93. The molecule has 0 saturated carbocycles. The summed E-state index contributed by atoms with van der Waals surface area (Å²) in [4.78, 5) is 0. The van der Waals surface area contributed by atoms with Gasteiger partial charge in [-0.15, -0.1) is 32.0 Å². The van der Waals surface area contributed by atoms with Crippen LogP contribution >= 0.6 is 0 Å². The van der Waals surface area contributed by atoms with Gasteiger partial charge in [0.05, 0.1) is 0 Å². The maximum Gasteiger partial charge on any atom is 0.0384 e. The Balaban J connectivity index is 0.000000476. The van der Waals surface area contributed by atoms with E-state index in [1.807, 2.05) is 6.92 Å². The van der Waals surface area contributed by atoms with Crippen LogP contribution in [-0.2, 0) is 25.7 Å². The highest BCUT2D eigenvalue weighted by Crippen LogP contribution is 2.39. The first kappa shape index (κ1) is 20.0. The van der Waals surface area contributed by atoms with Crippen LogP contribution in [0.3, 0.4) is 0 Å². The van der Waals surface area contributed by atoms with Gasteiger partial charge in [-0.3, -0.25) is 0 Å². The van der Waals surface area contributed by atoms with E-state index in [0.29, 0.717) is 0 Å². The minimum absolute atomic E-state index is 1.15. The molecule has 1 heteroatoms. The summed E-state index contributed by atoms with van der Waals surface area (Å²) in [5.41, 5.74) is 17.7. The van der Waals surface area contributed by atoms with Gasteiger partial charge in [0.1, 0.15) is 0 Å². The third kappa shape index (κ3) is 4.26. The van der Waals surface area contributed by atoms with Gasteiger partial charge in [0.15, 0.2) is 0 Å². The molecular formula is C21H31N. The molecule has 1 aromatic rings. The summed E-state index contributed by atoms with van der Waals surface area (Å²) < 4.78 is 0. The first-order valence-corrected chi connectivity index (χ1v) is 7.92. The van der Waals surface area contributed by atoms with Crippen LogP contribution in [0.4, 0.5) is 5.69 Å². The Labute approximate surface area is 136 Å². The Hall–Kier alpha value is -1.98. The van der Waals surface area contributed by atoms with Gasteiger partial charge in [-0.2, -0.15) is 0 Å². The molecule has 2 N–H and O–H groups in total. The van der Waals surface area contributed by atoms with Crippen molar-refractivity contribution in [3.05, 3.63) is 72.5 Å². The van der Waals surface area contributed by atoms with Gasteiger partial charge in [0.25, 0.3) is 0 Å². The highest BCUT2D eigenvalue weighted by Gasteiger charge is 2.25. The minimum atomic E-state index is 1.15. The molecule has 0 amide bonds. The summed E-state index contributed by atoms with van der Waals surface area (Å²) in [6.45, 7) is 19.5. The van der Waals surface area contributed by atoms with Crippen molar-refractivity contribution in [2.75, 3.05) is 5.73 Å². The molecule has 0 radical (unpaired) electrons. The summed E-state index contributed by atoms with van der Waals surface area (Å²) in [5.74, 6) is 0. The van der Waals surface area contributed by atoms with Gasteiger partial charge in [-0.1, -0.05) is 6.58 Å². The largest absolute Gasteiger partial charge is 0.398 e. The van der Waals surface area contributed by atoms with Gasteiger partial charge in [0.2, 0.25) is 0 Å². The van der Waals surface area contributed by atoms with Crippen LogP contribution in [0.25, 0.3) is 0 Å². The van der Waals surface area contributed by atoms with Gasteiger partial charge in [0, 0.05) is 5.69 Å². The molecule has 22 heavy (non-hydrogen) atoms. The first-order chi connectivity index (χ1) is 10.7. The van der Waals surface area contributed by atoms with Crippen molar-refractivity contribution in [3.63, 3.8) is 0 Å². The Morgan fingerprint density at radius 3 is 1.50 bits per heavy atom. The zero-order valence-corrected chi connectivity index (χ0v) is 14.4. The third-order valence-electron chi connectivity index (χ3n) is 4.20. The Bertz CT molecular complexity index is 459. The van der Waals surface area contributed by atoms with E-state index in [2.05, 4.69) is 45.5 Å². The third-order valence-corrected chi connectivity index (χ3v) is 4.20. The molecule has 3 rings (SSSR count). The average Bonchev–Trinajstić information content (AvgIpc) is 3.26. The van der Waals surface area contributed by atoms with Gasteiger partial charge in [-0.05, 0) is 86.3 Å². The lowest BCUT2D eigenvalue weighted by molar-refractivity contribution is 0.894. The summed E-state index contributed by atoms with van der Waals surface area (Å²) in [6, 6.07) is 0. The van der Waals surface area contributed by atoms with Crippen LogP contribution in [0.1, 0.15) is 47.6 Å². The summed E-state index contributed by atoms with van der Waals surface area (Å²) in [5, 5.41) is 0. The number of hydrogen-bond acceptors (Lipinski definition) is 1. The molecule has 120 valence electrons. The molecule has 0 aliphatic heterocycles. The predicted octanol–water partition coefficient (Wildman–Crippen LogP) is 5.51. The normalized spacial score (nSPS) is 12.8. The van der Waals surface area contributed by atoms with Gasteiger partial charge < -0.3 is 5.73 Å². The predicted molar refractivity (Wildman–Crippen MR) is 102 cm³/mol. The molecule has 2 aliphatic rings. The van der Waals surface area contributed by atoms with Gasteiger partial charge >= 0.3 is 0 Å². The highest BCUT2D eigenvalue weighted by atomic mass is 14.6. The number of hydrogen-bond donors (Lipinski definition) is 1. The molecule has 0 aromatic heterocycles. The molecule has 0 heterocycles. The van der Waals surface area contributed by atoms with Crippen LogP contribution in [0.15, 0.2) is 44.7 Å². The summed E-state index contributed by atoms with van der Waals surface area (Å²) in [7, 11) is 0. The molecular weight excluding hydrogens is 266 g/mol. The summed E-state index contributed by atoms with van der Waals surface area (Å²) in [6.07, 6.45) is 9.34. The Morgan fingerprint density at radius 1 is 0.864 bits per heavy atom. The smallest absolute Gasteiger partial charge is 0.0384 e. The van der Waals surface area contributed by atoms with Crippen LogP contribution in [-0.4, -0.2) is 0 Å². The number of benzene rings is 1. The standard InChI is InChI=1S/C13H17N.C4H6.2C2H4/c1-8-9-4-2-6-11(9)13(14)12-7-3-5-10(8)12;1-3-4-2;2*1-2/h2-7,14H2,1H3;4H,1H2,2H3;2*1-2H2. The second-order valence-corrected chi connectivity index (χ2v) is 5.15. The zero-order valence-electron chi connectivity index (χ0n) is 14.4.